The van der Waals surface area contributed by atoms with Crippen LogP contribution < -0.4 is 10.5 Å². The Hall–Kier alpha value is -1.37. The van der Waals surface area contributed by atoms with Gasteiger partial charge in [0.25, 0.3) is 10.0 Å². The summed E-state index contributed by atoms with van der Waals surface area (Å²) in [5, 5.41) is 0. The van der Waals surface area contributed by atoms with E-state index in [4.69, 9.17) is 5.73 Å². The van der Waals surface area contributed by atoms with Gasteiger partial charge in [0.1, 0.15) is 0 Å². The molecule has 0 amide bonds. The first-order chi connectivity index (χ1) is 6.84. The summed E-state index contributed by atoms with van der Waals surface area (Å²) in [4.78, 5) is 0. The fourth-order valence-electron chi connectivity index (χ4n) is 0.962. The van der Waals surface area contributed by atoms with Crippen LogP contribution in [0.15, 0.2) is 18.2 Å². The fraction of sp³-hybridized carbons (Fsp3) is 0.250. The fourth-order valence-corrected chi connectivity index (χ4v) is 1.58. The minimum atomic E-state index is -4.63. The number of halogens is 2. The maximum atomic E-state index is 12.0. The third-order valence-corrected chi connectivity index (χ3v) is 2.84. The average molecular weight is 236 g/mol. The number of rotatable bonds is 3. The molecule has 0 saturated heterocycles. The number of alkyl halides is 2. The molecular formula is C8H10F2N2O2S. The Morgan fingerprint density at radius 2 is 2.00 bits per heavy atom. The molecule has 0 atom stereocenters. The van der Waals surface area contributed by atoms with Gasteiger partial charge in [0.15, 0.2) is 0 Å². The maximum Gasteiger partial charge on any atom is 0.355 e. The van der Waals surface area contributed by atoms with Crippen molar-refractivity contribution >= 4 is 21.4 Å². The van der Waals surface area contributed by atoms with E-state index in [0.29, 0.717) is 11.3 Å². The topological polar surface area (TPSA) is 72.2 Å². The highest BCUT2D eigenvalue weighted by atomic mass is 32.2. The van der Waals surface area contributed by atoms with E-state index in [-0.39, 0.29) is 5.69 Å². The summed E-state index contributed by atoms with van der Waals surface area (Å²) in [6.07, 6.45) is 0. The average Bonchev–Trinajstić information content (AvgIpc) is 2.12. The molecule has 0 unspecified atom stereocenters. The number of nitrogens with two attached hydrogens (primary N) is 1. The SMILES string of the molecule is Cc1c(N)cccc1NS(=O)(=O)C(F)F. The van der Waals surface area contributed by atoms with Gasteiger partial charge in [-0.05, 0) is 24.6 Å². The van der Waals surface area contributed by atoms with Crippen molar-refractivity contribution in [1.82, 2.24) is 0 Å². The maximum absolute atomic E-state index is 12.0. The second kappa shape index (κ2) is 4.01. The van der Waals surface area contributed by atoms with Crippen molar-refractivity contribution in [3.63, 3.8) is 0 Å². The lowest BCUT2D eigenvalue weighted by Gasteiger charge is -2.10. The van der Waals surface area contributed by atoms with Gasteiger partial charge in [0, 0.05) is 5.69 Å². The highest BCUT2D eigenvalue weighted by molar-refractivity contribution is 7.93. The number of sulfonamides is 1. The van der Waals surface area contributed by atoms with Crippen molar-refractivity contribution in [3.8, 4) is 0 Å². The summed E-state index contributed by atoms with van der Waals surface area (Å²) >= 11 is 0. The van der Waals surface area contributed by atoms with Gasteiger partial charge in [-0.1, -0.05) is 6.07 Å². The molecule has 0 fully saturated rings. The number of anilines is 2. The lowest BCUT2D eigenvalue weighted by atomic mass is 10.2. The van der Waals surface area contributed by atoms with Crippen molar-refractivity contribution in [2.75, 3.05) is 10.5 Å². The Bertz CT molecular complexity index is 460. The summed E-state index contributed by atoms with van der Waals surface area (Å²) in [6, 6.07) is 4.40. The monoisotopic (exact) mass is 236 g/mol. The molecule has 3 N–H and O–H groups in total. The van der Waals surface area contributed by atoms with E-state index < -0.39 is 15.8 Å². The molecule has 84 valence electrons. The quantitative estimate of drug-likeness (QED) is 0.782. The van der Waals surface area contributed by atoms with Crippen LogP contribution in [0.1, 0.15) is 5.56 Å². The summed E-state index contributed by atoms with van der Waals surface area (Å²) in [7, 11) is -4.63. The van der Waals surface area contributed by atoms with Gasteiger partial charge in [0.2, 0.25) is 0 Å². The molecule has 0 saturated carbocycles. The van der Waals surface area contributed by atoms with Crippen LogP contribution >= 0.6 is 0 Å². The molecular weight excluding hydrogens is 226 g/mol. The van der Waals surface area contributed by atoms with Crippen molar-refractivity contribution in [2.45, 2.75) is 12.7 Å². The minimum Gasteiger partial charge on any atom is -0.398 e. The van der Waals surface area contributed by atoms with Crippen LogP contribution in [0.5, 0.6) is 0 Å². The third kappa shape index (κ3) is 2.56. The highest BCUT2D eigenvalue weighted by Gasteiger charge is 2.24. The molecule has 0 radical (unpaired) electrons. The second-order valence-corrected chi connectivity index (χ2v) is 4.58. The molecule has 1 aromatic carbocycles. The Morgan fingerprint density at radius 3 is 2.53 bits per heavy atom. The van der Waals surface area contributed by atoms with E-state index in [1.807, 2.05) is 0 Å². The molecule has 4 nitrogen and oxygen atoms in total. The first-order valence-electron chi connectivity index (χ1n) is 3.99. The van der Waals surface area contributed by atoms with Crippen molar-refractivity contribution in [3.05, 3.63) is 23.8 Å². The summed E-state index contributed by atoms with van der Waals surface area (Å²) < 4.78 is 47.6. The molecule has 1 aromatic rings. The smallest absolute Gasteiger partial charge is 0.355 e. The summed E-state index contributed by atoms with van der Waals surface area (Å²) in [6.45, 7) is 1.54. The number of hydrogen-bond acceptors (Lipinski definition) is 3. The summed E-state index contributed by atoms with van der Waals surface area (Å²) in [5.41, 5.74) is 6.31. The molecule has 1 rings (SSSR count). The molecule has 0 spiro atoms. The molecule has 0 heterocycles. The zero-order valence-electron chi connectivity index (χ0n) is 7.87. The molecule has 0 bridgehead atoms. The number of nitrogens with one attached hydrogen (secondary N) is 1. The second-order valence-electron chi connectivity index (χ2n) is 2.93. The number of nitrogen functional groups attached to an aromatic ring is 1. The van der Waals surface area contributed by atoms with E-state index in [1.54, 1.807) is 17.7 Å². The van der Waals surface area contributed by atoms with Crippen LogP contribution in [0, 0.1) is 6.92 Å². The van der Waals surface area contributed by atoms with Crippen LogP contribution in [0.4, 0.5) is 20.2 Å². The van der Waals surface area contributed by atoms with Gasteiger partial charge >= 0.3 is 5.76 Å². The molecule has 0 aliphatic carbocycles. The van der Waals surface area contributed by atoms with E-state index in [2.05, 4.69) is 0 Å². The van der Waals surface area contributed by atoms with Crippen LogP contribution in [0.3, 0.4) is 0 Å². The molecule has 0 aromatic heterocycles. The first-order valence-corrected chi connectivity index (χ1v) is 5.54. The van der Waals surface area contributed by atoms with Crippen molar-refractivity contribution in [2.24, 2.45) is 0 Å². The van der Waals surface area contributed by atoms with Gasteiger partial charge < -0.3 is 5.73 Å². The Kier molecular flexibility index (Phi) is 3.13. The van der Waals surface area contributed by atoms with E-state index in [1.165, 1.54) is 12.1 Å². The van der Waals surface area contributed by atoms with Gasteiger partial charge in [0.05, 0.1) is 5.69 Å². The minimum absolute atomic E-state index is 0.0651. The molecule has 0 aliphatic heterocycles. The van der Waals surface area contributed by atoms with Gasteiger partial charge in [-0.15, -0.1) is 0 Å². The Morgan fingerprint density at radius 1 is 1.40 bits per heavy atom. The third-order valence-electron chi connectivity index (χ3n) is 1.86. The zero-order valence-corrected chi connectivity index (χ0v) is 8.68. The molecule has 15 heavy (non-hydrogen) atoms. The van der Waals surface area contributed by atoms with E-state index in [0.717, 1.165) is 0 Å². The number of benzene rings is 1. The van der Waals surface area contributed by atoms with Crippen molar-refractivity contribution in [1.29, 1.82) is 0 Å². The van der Waals surface area contributed by atoms with E-state index >= 15 is 0 Å². The predicted molar refractivity (Wildman–Crippen MR) is 54.1 cm³/mol. The molecule has 0 aliphatic rings. The van der Waals surface area contributed by atoms with Crippen LogP contribution in [-0.4, -0.2) is 14.2 Å². The summed E-state index contributed by atoms with van der Waals surface area (Å²) in [5.74, 6) is -3.46. The first kappa shape index (κ1) is 11.7. The highest BCUT2D eigenvalue weighted by Crippen LogP contribution is 2.22. The van der Waals surface area contributed by atoms with Gasteiger partial charge in [-0.3, -0.25) is 4.72 Å². The lowest BCUT2D eigenvalue weighted by molar-refractivity contribution is 0.236. The van der Waals surface area contributed by atoms with Gasteiger partial charge in [-0.25, -0.2) is 8.42 Å². The van der Waals surface area contributed by atoms with E-state index in [9.17, 15) is 17.2 Å². The zero-order chi connectivity index (χ0) is 11.6. The van der Waals surface area contributed by atoms with Crippen LogP contribution in [-0.2, 0) is 10.0 Å². The lowest BCUT2D eigenvalue weighted by Crippen LogP contribution is -2.21. The Labute approximate surface area is 86.1 Å². The van der Waals surface area contributed by atoms with Crippen LogP contribution in [0.2, 0.25) is 0 Å². The standard InChI is InChI=1S/C8H10F2N2O2S/c1-5-6(11)3-2-4-7(5)12-15(13,14)8(9)10/h2-4,8,12H,11H2,1H3. The molecule has 7 heteroatoms. The van der Waals surface area contributed by atoms with Crippen LogP contribution in [0.25, 0.3) is 0 Å². The van der Waals surface area contributed by atoms with Gasteiger partial charge in [-0.2, -0.15) is 8.78 Å². The Balaban J connectivity index is 3.06. The van der Waals surface area contributed by atoms with Crippen molar-refractivity contribution < 1.29 is 17.2 Å². The predicted octanol–water partition coefficient (Wildman–Crippen LogP) is 1.54. The number of hydrogen-bond donors (Lipinski definition) is 2. The normalized spacial score (nSPS) is 11.7. The largest absolute Gasteiger partial charge is 0.398 e.